The highest BCUT2D eigenvalue weighted by Gasteiger charge is 2.20. The van der Waals surface area contributed by atoms with Crippen LogP contribution < -0.4 is 25.6 Å². The van der Waals surface area contributed by atoms with Crippen LogP contribution in [-0.4, -0.2) is 44.1 Å². The molecule has 0 radical (unpaired) electrons. The number of rotatable bonds is 10. The van der Waals surface area contributed by atoms with Crippen molar-refractivity contribution in [3.05, 3.63) is 44.7 Å². The molecule has 0 aliphatic carbocycles. The minimum atomic E-state index is -0.560. The molecule has 146 valence electrons. The number of ether oxygens (including phenoxy) is 2. The first-order valence-corrected chi connectivity index (χ1v) is 10.4. The fourth-order valence-corrected chi connectivity index (χ4v) is 4.07. The van der Waals surface area contributed by atoms with Crippen molar-refractivity contribution in [2.75, 3.05) is 44.5 Å². The quantitative estimate of drug-likeness (QED) is 0.380. The van der Waals surface area contributed by atoms with Gasteiger partial charge in [-0.2, -0.15) is 0 Å². The van der Waals surface area contributed by atoms with Gasteiger partial charge in [0.25, 0.3) is 10.9 Å². The zero-order valence-electron chi connectivity index (χ0n) is 15.7. The lowest BCUT2D eigenvalue weighted by Crippen LogP contribution is -2.35. The minimum Gasteiger partial charge on any atom is -0.493 e. The van der Waals surface area contributed by atoms with Crippen molar-refractivity contribution < 1.29 is 9.47 Å². The van der Waals surface area contributed by atoms with E-state index < -0.39 is 10.9 Å². The standard InChI is InChI=1S/C20H26N2O4S/c1-25-20-17(18(23)19(20)24)21-9-6-12-26-15-7-5-8-16(13-15)27-14-22-10-3-2-4-11-22/h5,7-8,13,21H,2-4,6,9-12,14H2,1H3. The van der Waals surface area contributed by atoms with Crippen molar-refractivity contribution in [2.24, 2.45) is 0 Å². The molecule has 3 rings (SSSR count). The second-order valence-electron chi connectivity index (χ2n) is 6.62. The second-order valence-corrected chi connectivity index (χ2v) is 7.64. The van der Waals surface area contributed by atoms with Gasteiger partial charge >= 0.3 is 0 Å². The molecule has 6 nitrogen and oxygen atoms in total. The van der Waals surface area contributed by atoms with E-state index in [1.165, 1.54) is 44.4 Å². The lowest BCUT2D eigenvalue weighted by Gasteiger charge is -2.25. The molecule has 0 unspecified atom stereocenters. The summed E-state index contributed by atoms with van der Waals surface area (Å²) in [4.78, 5) is 26.4. The van der Waals surface area contributed by atoms with Gasteiger partial charge < -0.3 is 14.8 Å². The van der Waals surface area contributed by atoms with E-state index in [0.717, 1.165) is 11.6 Å². The average Bonchev–Trinajstić information content (AvgIpc) is 2.72. The highest BCUT2D eigenvalue weighted by atomic mass is 32.2. The Kier molecular flexibility index (Phi) is 7.18. The molecule has 0 atom stereocenters. The number of hydrogen-bond acceptors (Lipinski definition) is 7. The molecule has 1 saturated heterocycles. The van der Waals surface area contributed by atoms with Crippen LogP contribution >= 0.6 is 11.8 Å². The smallest absolute Gasteiger partial charge is 0.271 e. The number of nitrogens with one attached hydrogen (secondary N) is 1. The maximum atomic E-state index is 11.4. The number of nitrogens with zero attached hydrogens (tertiary/aromatic N) is 1. The van der Waals surface area contributed by atoms with Gasteiger partial charge in [-0.3, -0.25) is 14.5 Å². The van der Waals surface area contributed by atoms with Crippen molar-refractivity contribution in [2.45, 2.75) is 30.6 Å². The third kappa shape index (κ3) is 5.26. The van der Waals surface area contributed by atoms with E-state index in [-0.39, 0.29) is 11.4 Å². The van der Waals surface area contributed by atoms with Crippen LogP contribution in [0.5, 0.6) is 11.5 Å². The summed E-state index contributed by atoms with van der Waals surface area (Å²) in [6, 6.07) is 8.15. The average molecular weight is 391 g/mol. The van der Waals surface area contributed by atoms with E-state index in [1.807, 2.05) is 23.9 Å². The Morgan fingerprint density at radius 3 is 2.74 bits per heavy atom. The van der Waals surface area contributed by atoms with Gasteiger partial charge in [0.2, 0.25) is 0 Å². The first-order valence-electron chi connectivity index (χ1n) is 9.38. The zero-order chi connectivity index (χ0) is 19.1. The molecule has 1 aliphatic rings. The number of anilines is 1. The number of hydrogen-bond donors (Lipinski definition) is 1. The first-order chi connectivity index (χ1) is 13.2. The van der Waals surface area contributed by atoms with Crippen LogP contribution in [0.1, 0.15) is 25.7 Å². The highest BCUT2D eigenvalue weighted by Crippen LogP contribution is 2.25. The molecule has 0 aromatic heterocycles. The molecule has 1 aliphatic heterocycles. The van der Waals surface area contributed by atoms with Crippen molar-refractivity contribution in [1.29, 1.82) is 0 Å². The van der Waals surface area contributed by atoms with E-state index >= 15 is 0 Å². The molecule has 1 fully saturated rings. The molecule has 1 N–H and O–H groups in total. The van der Waals surface area contributed by atoms with Crippen LogP contribution in [0.4, 0.5) is 5.69 Å². The van der Waals surface area contributed by atoms with E-state index in [9.17, 15) is 9.59 Å². The van der Waals surface area contributed by atoms with E-state index in [1.54, 1.807) is 0 Å². The molecular weight excluding hydrogens is 364 g/mol. The summed E-state index contributed by atoms with van der Waals surface area (Å²) in [6.45, 7) is 3.48. The monoisotopic (exact) mass is 390 g/mol. The third-order valence-electron chi connectivity index (χ3n) is 4.63. The number of likely N-dealkylation sites (tertiary alicyclic amines) is 1. The SMILES string of the molecule is COc1c(NCCCOc2cccc(SCN3CCCCC3)c2)c(=O)c1=O. The molecule has 2 aromatic rings. The van der Waals surface area contributed by atoms with Crippen molar-refractivity contribution in [3.63, 3.8) is 0 Å². The van der Waals surface area contributed by atoms with Gasteiger partial charge in [0.05, 0.1) is 13.7 Å². The Bertz CT molecular complexity index is 811. The van der Waals surface area contributed by atoms with Gasteiger partial charge in [0, 0.05) is 17.3 Å². The van der Waals surface area contributed by atoms with Crippen LogP contribution in [0.25, 0.3) is 0 Å². The fourth-order valence-electron chi connectivity index (χ4n) is 3.11. The summed E-state index contributed by atoms with van der Waals surface area (Å²) >= 11 is 1.85. The summed E-state index contributed by atoms with van der Waals surface area (Å²) < 4.78 is 10.7. The molecule has 0 spiro atoms. The Balaban J connectivity index is 1.37. The van der Waals surface area contributed by atoms with Gasteiger partial charge in [-0.1, -0.05) is 12.5 Å². The topological polar surface area (TPSA) is 67.9 Å². The molecule has 0 bridgehead atoms. The second kappa shape index (κ2) is 9.80. The van der Waals surface area contributed by atoms with Gasteiger partial charge in [0.1, 0.15) is 11.4 Å². The summed E-state index contributed by atoms with van der Waals surface area (Å²) in [5, 5.41) is 2.95. The van der Waals surface area contributed by atoms with Crippen molar-refractivity contribution >= 4 is 17.4 Å². The lowest BCUT2D eigenvalue weighted by atomic mass is 10.1. The van der Waals surface area contributed by atoms with Gasteiger partial charge in [0.15, 0.2) is 5.75 Å². The predicted molar refractivity (Wildman–Crippen MR) is 109 cm³/mol. The van der Waals surface area contributed by atoms with Crippen LogP contribution in [0.2, 0.25) is 0 Å². The Morgan fingerprint density at radius 1 is 1.15 bits per heavy atom. The van der Waals surface area contributed by atoms with Gasteiger partial charge in [-0.25, -0.2) is 0 Å². The molecule has 0 saturated carbocycles. The van der Waals surface area contributed by atoms with Crippen molar-refractivity contribution in [1.82, 2.24) is 4.90 Å². The number of thioether (sulfide) groups is 1. The third-order valence-corrected chi connectivity index (χ3v) is 5.71. The summed E-state index contributed by atoms with van der Waals surface area (Å²) in [5.41, 5.74) is -0.792. The fraction of sp³-hybridized carbons (Fsp3) is 0.500. The molecule has 1 heterocycles. The Labute approximate surface area is 163 Å². The molecule has 27 heavy (non-hydrogen) atoms. The van der Waals surface area contributed by atoms with Crippen LogP contribution in [-0.2, 0) is 0 Å². The molecule has 0 amide bonds. The highest BCUT2D eigenvalue weighted by molar-refractivity contribution is 7.99. The van der Waals surface area contributed by atoms with E-state index in [4.69, 9.17) is 9.47 Å². The normalized spacial score (nSPS) is 15.0. The van der Waals surface area contributed by atoms with Crippen LogP contribution in [0.15, 0.2) is 38.8 Å². The predicted octanol–water partition coefficient (Wildman–Crippen LogP) is 2.71. The largest absolute Gasteiger partial charge is 0.493 e. The summed E-state index contributed by atoms with van der Waals surface area (Å²) in [7, 11) is 1.39. The van der Waals surface area contributed by atoms with E-state index in [2.05, 4.69) is 22.3 Å². The van der Waals surface area contributed by atoms with Gasteiger partial charge in [-0.05, 0) is 50.6 Å². The molecular formula is C20H26N2O4S. The minimum absolute atomic E-state index is 0.124. The van der Waals surface area contributed by atoms with Gasteiger partial charge in [-0.15, -0.1) is 11.8 Å². The first kappa shape index (κ1) is 19.8. The number of methoxy groups -OCH3 is 1. The Hall–Kier alpha value is -1.99. The van der Waals surface area contributed by atoms with Crippen molar-refractivity contribution in [3.8, 4) is 11.5 Å². The summed E-state index contributed by atoms with van der Waals surface area (Å²) in [5.74, 6) is 2.00. The van der Waals surface area contributed by atoms with E-state index in [0.29, 0.717) is 19.6 Å². The maximum Gasteiger partial charge on any atom is 0.271 e. The molecule has 7 heteroatoms. The number of benzene rings is 1. The Morgan fingerprint density at radius 2 is 1.96 bits per heavy atom. The van der Waals surface area contributed by atoms with Crippen LogP contribution in [0, 0.1) is 0 Å². The molecule has 2 aromatic carbocycles. The summed E-state index contributed by atoms with van der Waals surface area (Å²) in [6.07, 6.45) is 4.68. The lowest BCUT2D eigenvalue weighted by molar-refractivity contribution is 0.266. The number of piperidine rings is 1. The maximum absolute atomic E-state index is 11.4. The van der Waals surface area contributed by atoms with Crippen LogP contribution in [0.3, 0.4) is 0 Å². The zero-order valence-corrected chi connectivity index (χ0v) is 16.5.